The Kier molecular flexibility index (Phi) is 2.91. The molecule has 0 unspecified atom stereocenters. The molecule has 1 aliphatic rings. The maximum Gasteiger partial charge on any atom is 0.344 e. The average molecular weight is 268 g/mol. The van der Waals surface area contributed by atoms with Crippen LogP contribution >= 0.6 is 0 Å². The lowest BCUT2D eigenvalue weighted by atomic mass is 10.1. The van der Waals surface area contributed by atoms with Crippen molar-refractivity contribution in [3.05, 3.63) is 77.1 Å². The molecule has 20 heavy (non-hydrogen) atoms. The van der Waals surface area contributed by atoms with Gasteiger partial charge in [-0.15, -0.1) is 0 Å². The summed E-state index contributed by atoms with van der Waals surface area (Å²) in [6.07, 6.45) is 1.25. The molecule has 0 aliphatic carbocycles. The zero-order valence-corrected chi connectivity index (χ0v) is 10.3. The largest absolute Gasteiger partial charge is 0.422 e. The lowest BCUT2D eigenvalue weighted by molar-refractivity contribution is 0.0715. The molecule has 0 N–H and O–H groups in total. The van der Waals surface area contributed by atoms with Crippen LogP contribution in [0.3, 0.4) is 0 Å². The van der Waals surface area contributed by atoms with Crippen LogP contribution in [0.2, 0.25) is 0 Å². The van der Waals surface area contributed by atoms with Gasteiger partial charge in [-0.3, -0.25) is 4.79 Å². The number of cyclic esters (lactones) is 1. The molecule has 4 heteroatoms. The molecule has 0 saturated carbocycles. The highest BCUT2D eigenvalue weighted by Crippen LogP contribution is 2.29. The number of ketones is 1. The van der Waals surface area contributed by atoms with Crippen molar-refractivity contribution in [1.82, 2.24) is 0 Å². The van der Waals surface area contributed by atoms with Crippen molar-refractivity contribution < 1.29 is 18.7 Å². The van der Waals surface area contributed by atoms with E-state index in [1.807, 2.05) is 0 Å². The number of halogens is 1. The van der Waals surface area contributed by atoms with Gasteiger partial charge in [0.15, 0.2) is 5.78 Å². The molecule has 0 radical (unpaired) electrons. The molecule has 98 valence electrons. The summed E-state index contributed by atoms with van der Waals surface area (Å²) in [6.45, 7) is 0. The maximum absolute atomic E-state index is 12.8. The number of carbonyl (C=O) groups is 2. The molecule has 0 spiro atoms. The van der Waals surface area contributed by atoms with Crippen LogP contribution in [0, 0.1) is 5.82 Å². The van der Waals surface area contributed by atoms with E-state index >= 15 is 0 Å². The predicted octanol–water partition coefficient (Wildman–Crippen LogP) is 3.22. The Labute approximate surface area is 114 Å². The highest BCUT2D eigenvalue weighted by atomic mass is 19.1. The molecular formula is C16H9FO3. The first-order chi connectivity index (χ1) is 9.65. The Morgan fingerprint density at radius 1 is 1.00 bits per heavy atom. The Morgan fingerprint density at radius 2 is 1.65 bits per heavy atom. The zero-order valence-electron chi connectivity index (χ0n) is 10.3. The predicted molar refractivity (Wildman–Crippen MR) is 70.6 cm³/mol. The molecule has 0 fully saturated rings. The maximum atomic E-state index is 12.8. The van der Waals surface area contributed by atoms with Crippen molar-refractivity contribution in [2.45, 2.75) is 0 Å². The highest BCUT2D eigenvalue weighted by Gasteiger charge is 2.26. The van der Waals surface area contributed by atoms with Gasteiger partial charge >= 0.3 is 5.97 Å². The number of hydrogen-bond acceptors (Lipinski definition) is 3. The molecule has 3 nitrogen and oxygen atoms in total. The van der Waals surface area contributed by atoms with Gasteiger partial charge in [0, 0.05) is 17.2 Å². The van der Waals surface area contributed by atoms with Crippen LogP contribution in [0.5, 0.6) is 0 Å². The third-order valence-electron chi connectivity index (χ3n) is 3.01. The van der Waals surface area contributed by atoms with Crippen LogP contribution in [0.4, 0.5) is 4.39 Å². The van der Waals surface area contributed by atoms with Gasteiger partial charge in [0.2, 0.25) is 0 Å². The van der Waals surface area contributed by atoms with E-state index in [2.05, 4.69) is 0 Å². The topological polar surface area (TPSA) is 43.4 Å². The molecule has 2 aromatic carbocycles. The fourth-order valence-electron chi connectivity index (χ4n) is 2.01. The molecule has 1 aliphatic heterocycles. The lowest BCUT2D eigenvalue weighted by Crippen LogP contribution is -1.97. The van der Waals surface area contributed by atoms with Crippen molar-refractivity contribution in [3.63, 3.8) is 0 Å². The normalized spacial score (nSPS) is 15.1. The smallest absolute Gasteiger partial charge is 0.344 e. The minimum atomic E-state index is -0.473. The van der Waals surface area contributed by atoms with Crippen LogP contribution in [-0.4, -0.2) is 11.8 Å². The Hall–Kier alpha value is -2.75. The van der Waals surface area contributed by atoms with E-state index < -0.39 is 11.8 Å². The molecule has 0 amide bonds. The highest BCUT2D eigenvalue weighted by molar-refractivity contribution is 6.12. The van der Waals surface area contributed by atoms with Crippen molar-refractivity contribution in [1.29, 1.82) is 0 Å². The van der Waals surface area contributed by atoms with Gasteiger partial charge in [0.05, 0.1) is 5.56 Å². The van der Waals surface area contributed by atoms with Crippen molar-refractivity contribution in [2.24, 2.45) is 0 Å². The first-order valence-electron chi connectivity index (χ1n) is 5.98. The summed E-state index contributed by atoms with van der Waals surface area (Å²) in [4.78, 5) is 23.7. The SMILES string of the molecule is O=C(C=C1OC(=O)c2ccccc21)c1ccc(F)cc1. The van der Waals surface area contributed by atoms with Gasteiger partial charge in [-0.2, -0.15) is 0 Å². The Bertz CT molecular complexity index is 730. The first kappa shape index (κ1) is 12.3. The monoisotopic (exact) mass is 268 g/mol. The summed E-state index contributed by atoms with van der Waals surface area (Å²) in [7, 11) is 0. The van der Waals surface area contributed by atoms with Crippen molar-refractivity contribution in [3.8, 4) is 0 Å². The van der Waals surface area contributed by atoms with E-state index in [0.29, 0.717) is 16.7 Å². The number of fused-ring (bicyclic) bond motifs is 1. The van der Waals surface area contributed by atoms with E-state index in [9.17, 15) is 14.0 Å². The number of benzene rings is 2. The molecule has 1 heterocycles. The third-order valence-corrected chi connectivity index (χ3v) is 3.01. The fourth-order valence-corrected chi connectivity index (χ4v) is 2.01. The molecule has 0 bridgehead atoms. The summed E-state index contributed by atoms with van der Waals surface area (Å²) in [6, 6.07) is 12.0. The van der Waals surface area contributed by atoms with E-state index in [-0.39, 0.29) is 11.5 Å². The van der Waals surface area contributed by atoms with E-state index in [1.54, 1.807) is 24.3 Å². The number of hydrogen-bond donors (Lipinski definition) is 0. The van der Waals surface area contributed by atoms with Gasteiger partial charge in [-0.1, -0.05) is 18.2 Å². The Balaban J connectivity index is 1.96. The minimum absolute atomic E-state index is 0.222. The van der Waals surface area contributed by atoms with Gasteiger partial charge in [-0.05, 0) is 30.3 Å². The van der Waals surface area contributed by atoms with Crippen molar-refractivity contribution in [2.75, 3.05) is 0 Å². The summed E-state index contributed by atoms with van der Waals surface area (Å²) in [5, 5.41) is 0. The zero-order chi connectivity index (χ0) is 14.1. The van der Waals surface area contributed by atoms with Crippen LogP contribution in [0.25, 0.3) is 5.76 Å². The number of rotatable bonds is 2. The van der Waals surface area contributed by atoms with Crippen LogP contribution in [0.15, 0.2) is 54.6 Å². The quantitative estimate of drug-likeness (QED) is 0.477. The van der Waals surface area contributed by atoms with Gasteiger partial charge in [0.1, 0.15) is 11.6 Å². The number of allylic oxidation sites excluding steroid dienone is 1. The Morgan fingerprint density at radius 3 is 2.35 bits per heavy atom. The van der Waals surface area contributed by atoms with Crippen LogP contribution < -0.4 is 0 Å². The van der Waals surface area contributed by atoms with Crippen LogP contribution in [0.1, 0.15) is 26.3 Å². The lowest BCUT2D eigenvalue weighted by Gasteiger charge is -1.99. The standard InChI is InChI=1S/C16H9FO3/c17-11-7-5-10(6-8-11)14(18)9-15-12-3-1-2-4-13(12)16(19)20-15/h1-9H. The summed E-state index contributed by atoms with van der Waals surface area (Å²) in [5.74, 6) is -1.00. The van der Waals surface area contributed by atoms with E-state index in [4.69, 9.17) is 4.74 Å². The van der Waals surface area contributed by atoms with Crippen LogP contribution in [-0.2, 0) is 4.74 Å². The second-order valence-corrected chi connectivity index (χ2v) is 4.31. The average Bonchev–Trinajstić information content (AvgIpc) is 2.77. The fraction of sp³-hybridized carbons (Fsp3) is 0. The molecule has 0 aromatic heterocycles. The van der Waals surface area contributed by atoms with E-state index in [0.717, 1.165) is 0 Å². The summed E-state index contributed by atoms with van der Waals surface area (Å²) < 4.78 is 17.9. The number of ether oxygens (including phenoxy) is 1. The molecule has 0 atom stereocenters. The first-order valence-corrected chi connectivity index (χ1v) is 5.98. The number of esters is 1. The van der Waals surface area contributed by atoms with Crippen molar-refractivity contribution >= 4 is 17.5 Å². The molecule has 2 aromatic rings. The third kappa shape index (κ3) is 2.12. The number of carbonyl (C=O) groups excluding carboxylic acids is 2. The molecule has 3 rings (SSSR count). The molecular weight excluding hydrogens is 259 g/mol. The summed E-state index contributed by atoms with van der Waals surface area (Å²) in [5.41, 5.74) is 1.36. The van der Waals surface area contributed by atoms with E-state index in [1.165, 1.54) is 30.3 Å². The second kappa shape index (κ2) is 4.74. The van der Waals surface area contributed by atoms with Gasteiger partial charge in [-0.25, -0.2) is 9.18 Å². The van der Waals surface area contributed by atoms with Gasteiger partial charge < -0.3 is 4.74 Å². The van der Waals surface area contributed by atoms with Gasteiger partial charge in [0.25, 0.3) is 0 Å². The molecule has 0 saturated heterocycles. The summed E-state index contributed by atoms with van der Waals surface area (Å²) >= 11 is 0. The second-order valence-electron chi connectivity index (χ2n) is 4.31. The minimum Gasteiger partial charge on any atom is -0.422 e.